The van der Waals surface area contributed by atoms with Gasteiger partial charge in [-0.15, -0.1) is 0 Å². The van der Waals surface area contributed by atoms with Gasteiger partial charge in [0.2, 0.25) is 5.91 Å². The van der Waals surface area contributed by atoms with Crippen LogP contribution in [-0.2, 0) is 19.1 Å². The lowest BCUT2D eigenvalue weighted by atomic mass is 10.2. The molecule has 2 heterocycles. The molecule has 11 heteroatoms. The van der Waals surface area contributed by atoms with Gasteiger partial charge in [0, 0.05) is 29.4 Å². The molecule has 9 nitrogen and oxygen atoms in total. The number of ether oxygens (including phenoxy) is 2. The smallest absolute Gasteiger partial charge is 0.294 e. The van der Waals surface area contributed by atoms with Crippen LogP contribution < -0.4 is 10.1 Å². The van der Waals surface area contributed by atoms with Crippen molar-refractivity contribution in [2.45, 2.75) is 6.92 Å². The Bertz CT molecular complexity index is 1230. The average molecular weight is 530 g/mol. The number of rotatable bonds is 7. The summed E-state index contributed by atoms with van der Waals surface area (Å²) in [5.74, 6) is -0.929. The average Bonchev–Trinajstić information content (AvgIpc) is 3.11. The molecule has 2 aliphatic rings. The Kier molecular flexibility index (Phi) is 8.29. The number of hydrogen-bond donors (Lipinski definition) is 1. The standard InChI is InChI=1S/C25H24ClN3O6S/c1-16-3-2-4-19(11-16)27-22(30)15-35-20-6-5-18(26)12-17(20)13-21-24(32)29(25(33)36-21)14-23(31)28-7-9-34-10-8-28/h2-6,11-13H,7-10,14-15H2,1H3,(H,27,30)/b21-13-. The summed E-state index contributed by atoms with van der Waals surface area (Å²) in [6.45, 7) is 3.01. The van der Waals surface area contributed by atoms with Crippen LogP contribution in [-0.4, -0.2) is 72.2 Å². The van der Waals surface area contributed by atoms with Crippen LogP contribution in [0.1, 0.15) is 11.1 Å². The summed E-state index contributed by atoms with van der Waals surface area (Å²) in [6.07, 6.45) is 1.48. The van der Waals surface area contributed by atoms with Crippen LogP contribution in [0.5, 0.6) is 5.75 Å². The molecule has 0 radical (unpaired) electrons. The number of hydrogen-bond acceptors (Lipinski definition) is 7. The number of carbonyl (C=O) groups is 4. The molecule has 2 aliphatic heterocycles. The maximum Gasteiger partial charge on any atom is 0.294 e. The molecule has 2 aromatic carbocycles. The number of carbonyl (C=O) groups excluding carboxylic acids is 4. The van der Waals surface area contributed by atoms with Crippen LogP contribution in [0.15, 0.2) is 47.4 Å². The second kappa shape index (κ2) is 11.6. The molecule has 0 aromatic heterocycles. The van der Waals surface area contributed by atoms with Crippen molar-refractivity contribution >= 4 is 58.1 Å². The van der Waals surface area contributed by atoms with Crippen molar-refractivity contribution in [3.8, 4) is 5.75 Å². The summed E-state index contributed by atoms with van der Waals surface area (Å²) in [6, 6.07) is 12.1. The van der Waals surface area contributed by atoms with Crippen molar-refractivity contribution in [1.82, 2.24) is 9.80 Å². The molecule has 0 atom stereocenters. The predicted molar refractivity (Wildman–Crippen MR) is 137 cm³/mol. The number of aryl methyl sites for hydroxylation is 1. The van der Waals surface area contributed by atoms with Gasteiger partial charge in [-0.1, -0.05) is 23.7 Å². The second-order valence-electron chi connectivity index (χ2n) is 8.15. The third-order valence-corrected chi connectivity index (χ3v) is 6.59. The topological polar surface area (TPSA) is 105 Å². The molecule has 2 fully saturated rings. The minimum atomic E-state index is -0.574. The van der Waals surface area contributed by atoms with E-state index in [0.29, 0.717) is 48.3 Å². The van der Waals surface area contributed by atoms with Crippen LogP contribution in [0.3, 0.4) is 0 Å². The molecular weight excluding hydrogens is 506 g/mol. The summed E-state index contributed by atoms with van der Waals surface area (Å²) in [7, 11) is 0. The molecule has 0 spiro atoms. The first-order valence-corrected chi connectivity index (χ1v) is 12.4. The Morgan fingerprint density at radius 2 is 1.94 bits per heavy atom. The Hall–Kier alpha value is -3.34. The molecule has 188 valence electrons. The molecule has 0 unspecified atom stereocenters. The van der Waals surface area contributed by atoms with E-state index in [1.807, 2.05) is 25.1 Å². The minimum absolute atomic E-state index is 0.131. The lowest BCUT2D eigenvalue weighted by molar-refractivity contribution is -0.139. The molecule has 4 rings (SSSR count). The van der Waals surface area contributed by atoms with Gasteiger partial charge in [0.1, 0.15) is 12.3 Å². The van der Waals surface area contributed by atoms with E-state index in [0.717, 1.165) is 22.2 Å². The molecule has 0 aliphatic carbocycles. The van der Waals surface area contributed by atoms with E-state index in [1.165, 1.54) is 6.08 Å². The first-order chi connectivity index (χ1) is 17.3. The largest absolute Gasteiger partial charge is 0.483 e. The van der Waals surface area contributed by atoms with Crippen molar-refractivity contribution in [1.29, 1.82) is 0 Å². The number of thioether (sulfide) groups is 1. The highest BCUT2D eigenvalue weighted by Gasteiger charge is 2.37. The molecule has 2 saturated heterocycles. The minimum Gasteiger partial charge on any atom is -0.483 e. The zero-order chi connectivity index (χ0) is 25.7. The summed E-state index contributed by atoms with van der Waals surface area (Å²) < 4.78 is 10.9. The maximum absolute atomic E-state index is 12.9. The third-order valence-electron chi connectivity index (χ3n) is 5.45. The lowest BCUT2D eigenvalue weighted by Gasteiger charge is -2.28. The molecular formula is C25H24ClN3O6S. The number of anilines is 1. The zero-order valence-electron chi connectivity index (χ0n) is 19.5. The van der Waals surface area contributed by atoms with E-state index in [9.17, 15) is 19.2 Å². The van der Waals surface area contributed by atoms with Gasteiger partial charge in [-0.3, -0.25) is 24.1 Å². The van der Waals surface area contributed by atoms with Gasteiger partial charge in [0.05, 0.1) is 18.1 Å². The molecule has 0 bridgehead atoms. The first kappa shape index (κ1) is 25.7. The first-order valence-electron chi connectivity index (χ1n) is 11.2. The van der Waals surface area contributed by atoms with Crippen LogP contribution >= 0.6 is 23.4 Å². The number of morpholine rings is 1. The molecule has 2 aromatic rings. The van der Waals surface area contributed by atoms with E-state index >= 15 is 0 Å². The number of nitrogens with one attached hydrogen (secondary N) is 1. The van der Waals surface area contributed by atoms with Gasteiger partial charge >= 0.3 is 0 Å². The Morgan fingerprint density at radius 1 is 1.17 bits per heavy atom. The van der Waals surface area contributed by atoms with Gasteiger partial charge in [0.15, 0.2) is 6.61 Å². The lowest BCUT2D eigenvalue weighted by Crippen LogP contribution is -2.46. The van der Waals surface area contributed by atoms with Crippen molar-refractivity contribution in [3.05, 3.63) is 63.5 Å². The number of nitrogens with zero attached hydrogens (tertiary/aromatic N) is 2. The molecule has 36 heavy (non-hydrogen) atoms. The van der Waals surface area contributed by atoms with E-state index in [2.05, 4.69) is 5.32 Å². The van der Waals surface area contributed by atoms with Crippen LogP contribution in [0.4, 0.5) is 10.5 Å². The zero-order valence-corrected chi connectivity index (χ0v) is 21.1. The highest BCUT2D eigenvalue weighted by atomic mass is 35.5. The summed E-state index contributed by atoms with van der Waals surface area (Å²) >= 11 is 6.87. The quantitative estimate of drug-likeness (QED) is 0.547. The van der Waals surface area contributed by atoms with Gasteiger partial charge in [-0.2, -0.15) is 0 Å². The second-order valence-corrected chi connectivity index (χ2v) is 9.58. The summed E-state index contributed by atoms with van der Waals surface area (Å²) in [4.78, 5) is 52.9. The highest BCUT2D eigenvalue weighted by molar-refractivity contribution is 8.18. The number of halogens is 1. The molecule has 0 saturated carbocycles. The number of imide groups is 1. The predicted octanol–water partition coefficient (Wildman–Crippen LogP) is 3.56. The van der Waals surface area contributed by atoms with E-state index in [4.69, 9.17) is 21.1 Å². The van der Waals surface area contributed by atoms with Gasteiger partial charge in [-0.25, -0.2) is 0 Å². The summed E-state index contributed by atoms with van der Waals surface area (Å²) in [5, 5.41) is 2.62. The van der Waals surface area contributed by atoms with Crippen LogP contribution in [0.25, 0.3) is 6.08 Å². The number of amides is 4. The maximum atomic E-state index is 12.9. The van der Waals surface area contributed by atoms with Crippen molar-refractivity contribution in [3.63, 3.8) is 0 Å². The van der Waals surface area contributed by atoms with Crippen LogP contribution in [0, 0.1) is 6.92 Å². The Labute approximate surface area is 217 Å². The van der Waals surface area contributed by atoms with Gasteiger partial charge in [-0.05, 0) is 60.7 Å². The summed E-state index contributed by atoms with van der Waals surface area (Å²) in [5.41, 5.74) is 2.09. The fourth-order valence-corrected chi connectivity index (χ4v) is 4.66. The Balaban J connectivity index is 1.44. The van der Waals surface area contributed by atoms with E-state index < -0.39 is 11.1 Å². The fourth-order valence-electron chi connectivity index (χ4n) is 3.65. The van der Waals surface area contributed by atoms with Crippen molar-refractivity contribution in [2.24, 2.45) is 0 Å². The van der Waals surface area contributed by atoms with Crippen molar-refractivity contribution in [2.75, 3.05) is 44.8 Å². The Morgan fingerprint density at radius 3 is 2.69 bits per heavy atom. The monoisotopic (exact) mass is 529 g/mol. The van der Waals surface area contributed by atoms with Crippen molar-refractivity contribution < 1.29 is 28.7 Å². The van der Waals surface area contributed by atoms with Gasteiger partial charge < -0.3 is 19.7 Å². The number of benzene rings is 2. The third kappa shape index (κ3) is 6.45. The van der Waals surface area contributed by atoms with Gasteiger partial charge in [0.25, 0.3) is 17.1 Å². The molecule has 1 N–H and O–H groups in total. The normalized spacial score (nSPS) is 17.0. The highest BCUT2D eigenvalue weighted by Crippen LogP contribution is 2.35. The SMILES string of the molecule is Cc1cccc(NC(=O)COc2ccc(Cl)cc2/C=C2\SC(=O)N(CC(=O)N3CCOCC3)C2=O)c1. The van der Waals surface area contributed by atoms with E-state index in [-0.39, 0.29) is 29.9 Å². The van der Waals surface area contributed by atoms with Crippen LogP contribution in [0.2, 0.25) is 5.02 Å². The van der Waals surface area contributed by atoms with E-state index in [1.54, 1.807) is 29.2 Å². The fraction of sp³-hybridized carbons (Fsp3) is 0.280. The molecule has 4 amide bonds.